The van der Waals surface area contributed by atoms with E-state index >= 15 is 0 Å². The van der Waals surface area contributed by atoms with E-state index in [0.717, 1.165) is 24.5 Å². The number of methoxy groups -OCH3 is 1. The lowest BCUT2D eigenvalue weighted by atomic mass is 9.84. The maximum Gasteiger partial charge on any atom is 0.514 e. The van der Waals surface area contributed by atoms with Crippen LogP contribution in [0.2, 0.25) is 0 Å². The molecule has 5 nitrogen and oxygen atoms in total. The van der Waals surface area contributed by atoms with Gasteiger partial charge in [-0.15, -0.1) is 0 Å². The van der Waals surface area contributed by atoms with E-state index in [1.165, 1.54) is 0 Å². The minimum atomic E-state index is -0.408. The van der Waals surface area contributed by atoms with Crippen molar-refractivity contribution in [1.82, 2.24) is 4.98 Å². The van der Waals surface area contributed by atoms with Gasteiger partial charge in [0.25, 0.3) is 0 Å². The molecule has 0 bridgehead atoms. The lowest BCUT2D eigenvalue weighted by Crippen LogP contribution is -2.52. The SMILES string of the molecule is COC1CN(c2cccc(B3OC(C)(C)C(C)(C)O3)n2)C1. The summed E-state index contributed by atoms with van der Waals surface area (Å²) in [6.07, 6.45) is 0.312. The first kappa shape index (κ1) is 14.8. The van der Waals surface area contributed by atoms with Crippen LogP contribution < -0.4 is 10.5 Å². The molecular formula is C15H23BN2O3. The lowest BCUT2D eigenvalue weighted by molar-refractivity contribution is 0.00578. The Bertz CT molecular complexity index is 513. The van der Waals surface area contributed by atoms with Crippen molar-refractivity contribution < 1.29 is 14.0 Å². The minimum Gasteiger partial charge on any atom is -0.398 e. The third kappa shape index (κ3) is 2.56. The van der Waals surface area contributed by atoms with E-state index in [1.807, 2.05) is 18.2 Å². The van der Waals surface area contributed by atoms with Gasteiger partial charge in [0.1, 0.15) is 5.82 Å². The molecule has 0 aliphatic carbocycles. The third-order valence-electron chi connectivity index (χ3n) is 4.76. The summed E-state index contributed by atoms with van der Waals surface area (Å²) in [5.41, 5.74) is 0.146. The molecule has 2 fully saturated rings. The summed E-state index contributed by atoms with van der Waals surface area (Å²) in [6.45, 7) is 9.97. The second kappa shape index (κ2) is 4.97. The molecule has 0 saturated carbocycles. The Hall–Kier alpha value is -1.11. The fourth-order valence-electron chi connectivity index (χ4n) is 2.49. The Labute approximate surface area is 126 Å². The molecule has 6 heteroatoms. The number of pyridine rings is 1. The van der Waals surface area contributed by atoms with Crippen LogP contribution >= 0.6 is 0 Å². The monoisotopic (exact) mass is 290 g/mol. The molecule has 3 heterocycles. The van der Waals surface area contributed by atoms with Crippen LogP contribution in [0.1, 0.15) is 27.7 Å². The molecule has 21 heavy (non-hydrogen) atoms. The van der Waals surface area contributed by atoms with Crippen LogP contribution in [0, 0.1) is 0 Å². The van der Waals surface area contributed by atoms with Gasteiger partial charge in [-0.05, 0) is 39.8 Å². The van der Waals surface area contributed by atoms with E-state index in [9.17, 15) is 0 Å². The molecule has 2 aliphatic heterocycles. The highest BCUT2D eigenvalue weighted by molar-refractivity contribution is 6.61. The van der Waals surface area contributed by atoms with Crippen molar-refractivity contribution >= 4 is 18.5 Å². The van der Waals surface area contributed by atoms with Gasteiger partial charge in [-0.2, -0.15) is 0 Å². The highest BCUT2D eigenvalue weighted by Gasteiger charge is 2.52. The normalized spacial score (nSPS) is 24.2. The largest absolute Gasteiger partial charge is 0.514 e. The van der Waals surface area contributed by atoms with Crippen LogP contribution in [0.3, 0.4) is 0 Å². The number of ether oxygens (including phenoxy) is 1. The maximum absolute atomic E-state index is 6.05. The first-order valence-electron chi connectivity index (χ1n) is 7.43. The summed E-state index contributed by atoms with van der Waals surface area (Å²) in [5.74, 6) is 0.954. The molecule has 2 saturated heterocycles. The van der Waals surface area contributed by atoms with Crippen LogP contribution in [-0.2, 0) is 14.0 Å². The van der Waals surface area contributed by atoms with Gasteiger partial charge in [-0.1, -0.05) is 6.07 Å². The van der Waals surface area contributed by atoms with Gasteiger partial charge in [0.05, 0.1) is 22.9 Å². The average molecular weight is 290 g/mol. The smallest absolute Gasteiger partial charge is 0.398 e. The minimum absolute atomic E-state index is 0.312. The molecular weight excluding hydrogens is 267 g/mol. The van der Waals surface area contributed by atoms with Gasteiger partial charge in [-0.25, -0.2) is 4.98 Å². The zero-order chi connectivity index (χ0) is 15.3. The predicted molar refractivity (Wildman–Crippen MR) is 83.0 cm³/mol. The number of anilines is 1. The number of aromatic nitrogens is 1. The van der Waals surface area contributed by atoms with Gasteiger partial charge in [0, 0.05) is 20.2 Å². The van der Waals surface area contributed by atoms with Crippen molar-refractivity contribution in [3.63, 3.8) is 0 Å². The molecule has 0 aromatic carbocycles. The fourth-order valence-corrected chi connectivity index (χ4v) is 2.49. The number of hydrogen-bond donors (Lipinski definition) is 0. The van der Waals surface area contributed by atoms with Crippen LogP contribution in [0.25, 0.3) is 0 Å². The van der Waals surface area contributed by atoms with Crippen molar-refractivity contribution in [3.05, 3.63) is 18.2 Å². The zero-order valence-electron chi connectivity index (χ0n) is 13.4. The number of rotatable bonds is 3. The molecule has 0 N–H and O–H groups in total. The van der Waals surface area contributed by atoms with E-state index in [0.29, 0.717) is 6.10 Å². The fraction of sp³-hybridized carbons (Fsp3) is 0.667. The van der Waals surface area contributed by atoms with Gasteiger partial charge in [0.2, 0.25) is 0 Å². The third-order valence-corrected chi connectivity index (χ3v) is 4.76. The van der Waals surface area contributed by atoms with Crippen molar-refractivity contribution in [2.24, 2.45) is 0 Å². The van der Waals surface area contributed by atoms with Gasteiger partial charge in [0.15, 0.2) is 0 Å². The van der Waals surface area contributed by atoms with Gasteiger partial charge in [-0.3, -0.25) is 0 Å². The van der Waals surface area contributed by atoms with Crippen LogP contribution in [-0.4, -0.2) is 49.6 Å². The second-order valence-corrected chi connectivity index (χ2v) is 6.77. The lowest BCUT2D eigenvalue weighted by Gasteiger charge is -2.39. The number of nitrogens with zero attached hydrogens (tertiary/aromatic N) is 2. The molecule has 0 radical (unpaired) electrons. The summed E-state index contributed by atoms with van der Waals surface area (Å²) in [6, 6.07) is 5.97. The van der Waals surface area contributed by atoms with Crippen LogP contribution in [0.4, 0.5) is 5.82 Å². The highest BCUT2D eigenvalue weighted by Crippen LogP contribution is 2.36. The van der Waals surface area contributed by atoms with Crippen LogP contribution in [0.15, 0.2) is 18.2 Å². The van der Waals surface area contributed by atoms with Crippen LogP contribution in [0.5, 0.6) is 0 Å². The molecule has 1 aromatic heterocycles. The van der Waals surface area contributed by atoms with E-state index < -0.39 is 7.12 Å². The maximum atomic E-state index is 6.05. The number of hydrogen-bond acceptors (Lipinski definition) is 5. The Morgan fingerprint density at radius 3 is 2.38 bits per heavy atom. The van der Waals surface area contributed by atoms with Crippen molar-refractivity contribution in [2.45, 2.75) is 45.0 Å². The summed E-state index contributed by atoms with van der Waals surface area (Å²) in [7, 11) is 1.34. The van der Waals surface area contributed by atoms with E-state index in [2.05, 4.69) is 32.6 Å². The molecule has 0 unspecified atom stereocenters. The molecule has 0 amide bonds. The first-order chi connectivity index (χ1) is 9.82. The van der Waals surface area contributed by atoms with Gasteiger partial charge >= 0.3 is 7.12 Å². The summed E-state index contributed by atoms with van der Waals surface area (Å²) in [5, 5.41) is 0. The molecule has 114 valence electrons. The second-order valence-electron chi connectivity index (χ2n) is 6.77. The summed E-state index contributed by atoms with van der Waals surface area (Å²) >= 11 is 0. The topological polar surface area (TPSA) is 43.8 Å². The molecule has 0 atom stereocenters. The quantitative estimate of drug-likeness (QED) is 0.783. The molecule has 0 spiro atoms. The van der Waals surface area contributed by atoms with Gasteiger partial charge < -0.3 is 18.9 Å². The predicted octanol–water partition coefficient (Wildman–Crippen LogP) is 1.22. The average Bonchev–Trinajstić information content (AvgIpc) is 2.58. The Kier molecular flexibility index (Phi) is 3.51. The Balaban J connectivity index is 1.76. The Morgan fingerprint density at radius 1 is 1.19 bits per heavy atom. The molecule has 3 rings (SSSR count). The summed E-state index contributed by atoms with van der Waals surface area (Å²) in [4.78, 5) is 6.89. The highest BCUT2D eigenvalue weighted by atomic mass is 16.7. The molecule has 1 aromatic rings. The van der Waals surface area contributed by atoms with E-state index in [4.69, 9.17) is 19.0 Å². The first-order valence-corrected chi connectivity index (χ1v) is 7.43. The zero-order valence-corrected chi connectivity index (χ0v) is 13.4. The van der Waals surface area contributed by atoms with E-state index in [1.54, 1.807) is 7.11 Å². The molecule has 2 aliphatic rings. The Morgan fingerprint density at radius 2 is 1.81 bits per heavy atom. The van der Waals surface area contributed by atoms with Crippen molar-refractivity contribution in [3.8, 4) is 0 Å². The van der Waals surface area contributed by atoms with E-state index in [-0.39, 0.29) is 11.2 Å². The van der Waals surface area contributed by atoms with Crippen molar-refractivity contribution in [2.75, 3.05) is 25.1 Å². The standard InChI is InChI=1S/C15H23BN2O3/c1-14(2)15(3,4)21-16(20-14)12-7-6-8-13(17-12)18-9-11(10-18)19-5/h6-8,11H,9-10H2,1-5H3. The van der Waals surface area contributed by atoms with Crippen molar-refractivity contribution in [1.29, 1.82) is 0 Å². The summed E-state index contributed by atoms with van der Waals surface area (Å²) < 4.78 is 17.4.